The fourth-order valence-corrected chi connectivity index (χ4v) is 2.75. The van der Waals surface area contributed by atoms with E-state index in [1.54, 1.807) is 24.9 Å². The first-order valence-electron chi connectivity index (χ1n) is 6.48. The molecule has 2 aromatic heterocycles. The van der Waals surface area contributed by atoms with Crippen LogP contribution >= 0.6 is 11.8 Å². The lowest BCUT2D eigenvalue weighted by Gasteiger charge is -2.07. The zero-order chi connectivity index (χ0) is 15.5. The van der Waals surface area contributed by atoms with E-state index in [0.717, 1.165) is 5.69 Å². The van der Waals surface area contributed by atoms with E-state index in [4.69, 9.17) is 4.74 Å². The van der Waals surface area contributed by atoms with Crippen molar-refractivity contribution in [2.24, 2.45) is 7.05 Å². The van der Waals surface area contributed by atoms with E-state index in [1.165, 1.54) is 16.4 Å². The van der Waals surface area contributed by atoms with Crippen LogP contribution in [0.5, 0.6) is 5.75 Å². The number of nitrogens with zero attached hydrogens (tertiary/aromatic N) is 5. The minimum Gasteiger partial charge on any atom is -0.494 e. The number of hydrogen-bond donors (Lipinski definition) is 1. The zero-order valence-corrected chi connectivity index (χ0v) is 12.9. The van der Waals surface area contributed by atoms with Crippen LogP contribution in [-0.4, -0.2) is 37.1 Å². The van der Waals surface area contributed by atoms with E-state index in [0.29, 0.717) is 22.3 Å². The van der Waals surface area contributed by atoms with E-state index in [9.17, 15) is 4.79 Å². The fourth-order valence-electron chi connectivity index (χ4n) is 2.00. The minimum atomic E-state index is -0.142. The van der Waals surface area contributed by atoms with Gasteiger partial charge in [0.15, 0.2) is 0 Å². The molecule has 1 N–H and O–H groups in total. The number of aromatic amines is 1. The standard InChI is InChI=1S/C13H14N6O2S/c1-18-13(14-16-17-18)22-8-9-7-12(20)19(15-9)10-5-3-4-6-11(10)21-2/h3-7,15H,8H2,1-2H3. The molecule has 0 unspecified atom stereocenters. The molecular formula is C13H14N6O2S. The van der Waals surface area contributed by atoms with Crippen LogP contribution < -0.4 is 10.3 Å². The van der Waals surface area contributed by atoms with Gasteiger partial charge in [-0.05, 0) is 22.6 Å². The third-order valence-electron chi connectivity index (χ3n) is 3.04. The quantitative estimate of drug-likeness (QED) is 0.706. The maximum atomic E-state index is 12.2. The number of para-hydroxylation sites is 2. The van der Waals surface area contributed by atoms with Crippen molar-refractivity contribution in [2.45, 2.75) is 10.9 Å². The number of benzene rings is 1. The van der Waals surface area contributed by atoms with Gasteiger partial charge >= 0.3 is 0 Å². The summed E-state index contributed by atoms with van der Waals surface area (Å²) >= 11 is 1.45. The fraction of sp³-hybridized carbons (Fsp3) is 0.231. The summed E-state index contributed by atoms with van der Waals surface area (Å²) in [5, 5.41) is 15.0. The molecule has 0 atom stereocenters. The van der Waals surface area contributed by atoms with Crippen molar-refractivity contribution < 1.29 is 4.74 Å². The Labute approximate surface area is 130 Å². The van der Waals surface area contributed by atoms with Crippen LogP contribution in [0.1, 0.15) is 5.69 Å². The molecule has 0 radical (unpaired) electrons. The highest BCUT2D eigenvalue weighted by Crippen LogP contribution is 2.21. The molecule has 22 heavy (non-hydrogen) atoms. The topological polar surface area (TPSA) is 90.6 Å². The predicted molar refractivity (Wildman–Crippen MR) is 81.3 cm³/mol. The first-order chi connectivity index (χ1) is 10.7. The van der Waals surface area contributed by atoms with E-state index >= 15 is 0 Å². The van der Waals surface area contributed by atoms with Gasteiger partial charge in [-0.2, -0.15) is 0 Å². The lowest BCUT2D eigenvalue weighted by molar-refractivity contribution is 0.411. The summed E-state index contributed by atoms with van der Waals surface area (Å²) in [6, 6.07) is 8.89. The lowest BCUT2D eigenvalue weighted by atomic mass is 10.3. The van der Waals surface area contributed by atoms with Crippen LogP contribution in [0, 0.1) is 0 Å². The van der Waals surface area contributed by atoms with Crippen LogP contribution in [-0.2, 0) is 12.8 Å². The lowest BCUT2D eigenvalue weighted by Crippen LogP contribution is -2.14. The number of rotatable bonds is 5. The number of thioether (sulfide) groups is 1. The van der Waals surface area contributed by atoms with Gasteiger partial charge in [-0.15, -0.1) is 5.10 Å². The third-order valence-corrected chi connectivity index (χ3v) is 4.10. The molecule has 0 amide bonds. The molecule has 0 saturated carbocycles. The van der Waals surface area contributed by atoms with Gasteiger partial charge in [0, 0.05) is 24.6 Å². The van der Waals surface area contributed by atoms with E-state index in [-0.39, 0.29) is 5.56 Å². The molecule has 0 saturated heterocycles. The van der Waals surface area contributed by atoms with Crippen LogP contribution in [0.15, 0.2) is 40.3 Å². The molecule has 3 rings (SSSR count). The summed E-state index contributed by atoms with van der Waals surface area (Å²) in [6.07, 6.45) is 0. The van der Waals surface area contributed by atoms with Crippen molar-refractivity contribution >= 4 is 11.8 Å². The third kappa shape index (κ3) is 2.75. The average molecular weight is 318 g/mol. The van der Waals surface area contributed by atoms with Gasteiger partial charge in [0.25, 0.3) is 5.56 Å². The van der Waals surface area contributed by atoms with Gasteiger partial charge < -0.3 is 4.74 Å². The molecule has 0 aliphatic rings. The van der Waals surface area contributed by atoms with E-state index in [1.807, 2.05) is 24.3 Å². The first-order valence-corrected chi connectivity index (χ1v) is 7.47. The van der Waals surface area contributed by atoms with Gasteiger partial charge in [-0.3, -0.25) is 9.89 Å². The Hall–Kier alpha value is -2.55. The molecule has 0 aliphatic carbocycles. The molecular weight excluding hydrogens is 304 g/mol. The second-order valence-corrected chi connectivity index (χ2v) is 5.44. The number of aromatic nitrogens is 6. The molecule has 0 spiro atoms. The summed E-state index contributed by atoms with van der Waals surface area (Å²) in [5.41, 5.74) is 1.31. The molecule has 0 aliphatic heterocycles. The van der Waals surface area contributed by atoms with Crippen LogP contribution in [0.2, 0.25) is 0 Å². The molecule has 2 heterocycles. The van der Waals surface area contributed by atoms with Gasteiger partial charge in [0.2, 0.25) is 5.16 Å². The number of H-pyrrole nitrogens is 1. The molecule has 0 bridgehead atoms. The molecule has 3 aromatic rings. The van der Waals surface area contributed by atoms with Crippen molar-refractivity contribution in [2.75, 3.05) is 7.11 Å². The number of methoxy groups -OCH3 is 1. The SMILES string of the molecule is COc1ccccc1-n1[nH]c(CSc2nnnn2C)cc1=O. The second kappa shape index (κ2) is 6.06. The Bertz CT molecular complexity index is 837. The first kappa shape index (κ1) is 14.4. The monoisotopic (exact) mass is 318 g/mol. The summed E-state index contributed by atoms with van der Waals surface area (Å²) in [5.74, 6) is 1.19. The smallest absolute Gasteiger partial charge is 0.271 e. The Morgan fingerprint density at radius 1 is 1.36 bits per heavy atom. The molecule has 9 heteroatoms. The number of nitrogens with one attached hydrogen (secondary N) is 1. The number of aryl methyl sites for hydroxylation is 1. The predicted octanol–water partition coefficient (Wildman–Crippen LogP) is 0.990. The molecule has 0 fully saturated rings. The van der Waals surface area contributed by atoms with Crippen molar-refractivity contribution in [3.63, 3.8) is 0 Å². The van der Waals surface area contributed by atoms with Crippen molar-refractivity contribution in [3.8, 4) is 11.4 Å². The van der Waals surface area contributed by atoms with Crippen LogP contribution in [0.4, 0.5) is 0 Å². The Kier molecular flexibility index (Phi) is 3.96. The Morgan fingerprint density at radius 3 is 2.91 bits per heavy atom. The number of ether oxygens (including phenoxy) is 1. The number of tetrazole rings is 1. The van der Waals surface area contributed by atoms with Gasteiger partial charge in [0.1, 0.15) is 11.4 Å². The normalized spacial score (nSPS) is 10.8. The summed E-state index contributed by atoms with van der Waals surface area (Å²) in [6.45, 7) is 0. The van der Waals surface area contributed by atoms with Crippen molar-refractivity contribution in [1.82, 2.24) is 30.0 Å². The van der Waals surface area contributed by atoms with Gasteiger partial charge in [0.05, 0.1) is 7.11 Å². The van der Waals surface area contributed by atoms with E-state index < -0.39 is 0 Å². The van der Waals surface area contributed by atoms with Crippen molar-refractivity contribution in [1.29, 1.82) is 0 Å². The molecule has 1 aromatic carbocycles. The summed E-state index contributed by atoms with van der Waals surface area (Å²) < 4.78 is 8.33. The van der Waals surface area contributed by atoms with Crippen LogP contribution in [0.25, 0.3) is 5.69 Å². The minimum absolute atomic E-state index is 0.142. The summed E-state index contributed by atoms with van der Waals surface area (Å²) in [7, 11) is 3.34. The Balaban J connectivity index is 1.85. The number of hydrogen-bond acceptors (Lipinski definition) is 6. The van der Waals surface area contributed by atoms with Crippen molar-refractivity contribution in [3.05, 3.63) is 46.4 Å². The highest BCUT2D eigenvalue weighted by Gasteiger charge is 2.11. The average Bonchev–Trinajstić information content (AvgIpc) is 3.10. The second-order valence-electron chi connectivity index (χ2n) is 4.50. The molecule has 8 nitrogen and oxygen atoms in total. The molecule has 114 valence electrons. The highest BCUT2D eigenvalue weighted by atomic mass is 32.2. The highest BCUT2D eigenvalue weighted by molar-refractivity contribution is 7.98. The van der Waals surface area contributed by atoms with Gasteiger partial charge in [-0.25, -0.2) is 9.36 Å². The maximum Gasteiger partial charge on any atom is 0.271 e. The zero-order valence-electron chi connectivity index (χ0n) is 12.1. The van der Waals surface area contributed by atoms with E-state index in [2.05, 4.69) is 20.6 Å². The maximum absolute atomic E-state index is 12.2. The van der Waals surface area contributed by atoms with Crippen LogP contribution in [0.3, 0.4) is 0 Å². The largest absolute Gasteiger partial charge is 0.494 e. The summed E-state index contributed by atoms with van der Waals surface area (Å²) in [4.78, 5) is 12.2. The Morgan fingerprint density at radius 2 is 2.18 bits per heavy atom. The van der Waals surface area contributed by atoms with Gasteiger partial charge in [-0.1, -0.05) is 23.9 Å².